The highest BCUT2D eigenvalue weighted by molar-refractivity contribution is 5.96. The number of anilines is 1. The first-order valence-electron chi connectivity index (χ1n) is 10.1. The van der Waals surface area contributed by atoms with Crippen LogP contribution >= 0.6 is 0 Å². The van der Waals surface area contributed by atoms with Crippen LogP contribution < -0.4 is 14.8 Å². The van der Waals surface area contributed by atoms with Gasteiger partial charge in [0, 0.05) is 24.3 Å². The van der Waals surface area contributed by atoms with Crippen LogP contribution in [-0.2, 0) is 4.79 Å². The highest BCUT2D eigenvalue weighted by Crippen LogP contribution is 2.19. The van der Waals surface area contributed by atoms with Crippen LogP contribution in [0.15, 0.2) is 48.5 Å². The standard InChI is InChI=1S/C23H28N2O4/c1-17(29-21-13-11-20(28-2)12-14-21)22(26)24-19-9-7-18(8-10-19)23(27)25-15-5-3-4-6-16-25/h7-14,17H,3-6,15-16H2,1-2H3,(H,24,26). The number of carbonyl (C=O) groups excluding carboxylic acids is 2. The van der Waals surface area contributed by atoms with E-state index in [1.807, 2.05) is 4.90 Å². The van der Waals surface area contributed by atoms with Crippen molar-refractivity contribution in [3.63, 3.8) is 0 Å². The summed E-state index contributed by atoms with van der Waals surface area (Å²) in [6.45, 7) is 3.33. The molecule has 3 rings (SSSR count). The van der Waals surface area contributed by atoms with Gasteiger partial charge in [0.25, 0.3) is 11.8 Å². The number of benzene rings is 2. The zero-order valence-electron chi connectivity index (χ0n) is 17.0. The molecule has 0 radical (unpaired) electrons. The van der Waals surface area contributed by atoms with Crippen LogP contribution in [0.3, 0.4) is 0 Å². The lowest BCUT2D eigenvalue weighted by molar-refractivity contribution is -0.122. The van der Waals surface area contributed by atoms with Crippen LogP contribution in [0.1, 0.15) is 43.0 Å². The van der Waals surface area contributed by atoms with Crippen LogP contribution in [0.5, 0.6) is 11.5 Å². The number of nitrogens with zero attached hydrogens (tertiary/aromatic N) is 1. The number of rotatable bonds is 6. The molecule has 1 heterocycles. The Labute approximate surface area is 171 Å². The quantitative estimate of drug-likeness (QED) is 0.798. The van der Waals surface area contributed by atoms with E-state index in [2.05, 4.69) is 5.32 Å². The Balaban J connectivity index is 1.55. The van der Waals surface area contributed by atoms with Gasteiger partial charge in [0.1, 0.15) is 11.5 Å². The van der Waals surface area contributed by atoms with E-state index in [0.29, 0.717) is 17.0 Å². The van der Waals surface area contributed by atoms with Gasteiger partial charge in [0.2, 0.25) is 0 Å². The number of ether oxygens (including phenoxy) is 2. The van der Waals surface area contributed by atoms with Crippen molar-refractivity contribution >= 4 is 17.5 Å². The average Bonchev–Trinajstić information content (AvgIpc) is 3.04. The lowest BCUT2D eigenvalue weighted by Gasteiger charge is -2.20. The van der Waals surface area contributed by atoms with E-state index in [4.69, 9.17) is 9.47 Å². The average molecular weight is 396 g/mol. The van der Waals surface area contributed by atoms with E-state index < -0.39 is 6.10 Å². The van der Waals surface area contributed by atoms with Crippen molar-refractivity contribution in [2.45, 2.75) is 38.7 Å². The fourth-order valence-electron chi connectivity index (χ4n) is 3.31. The summed E-state index contributed by atoms with van der Waals surface area (Å²) >= 11 is 0. The second-order valence-corrected chi connectivity index (χ2v) is 7.21. The van der Waals surface area contributed by atoms with Crippen molar-refractivity contribution in [3.8, 4) is 11.5 Å². The first-order chi connectivity index (χ1) is 14.1. The maximum Gasteiger partial charge on any atom is 0.265 e. The minimum Gasteiger partial charge on any atom is -0.497 e. The molecule has 1 atom stereocenters. The third-order valence-corrected chi connectivity index (χ3v) is 5.03. The molecule has 0 aliphatic carbocycles. The topological polar surface area (TPSA) is 67.9 Å². The molecule has 0 aromatic heterocycles. The zero-order valence-corrected chi connectivity index (χ0v) is 17.0. The summed E-state index contributed by atoms with van der Waals surface area (Å²) in [5.41, 5.74) is 1.28. The van der Waals surface area contributed by atoms with E-state index in [1.165, 1.54) is 12.8 Å². The van der Waals surface area contributed by atoms with Crippen molar-refractivity contribution < 1.29 is 19.1 Å². The normalized spacial score (nSPS) is 15.2. The molecule has 2 aromatic carbocycles. The number of likely N-dealkylation sites (tertiary alicyclic amines) is 1. The monoisotopic (exact) mass is 396 g/mol. The van der Waals surface area contributed by atoms with E-state index in [0.717, 1.165) is 31.7 Å². The third-order valence-electron chi connectivity index (χ3n) is 5.03. The lowest BCUT2D eigenvalue weighted by atomic mass is 10.1. The van der Waals surface area contributed by atoms with Gasteiger partial charge < -0.3 is 19.7 Å². The second-order valence-electron chi connectivity index (χ2n) is 7.21. The van der Waals surface area contributed by atoms with Gasteiger partial charge in [-0.05, 0) is 68.3 Å². The highest BCUT2D eigenvalue weighted by Gasteiger charge is 2.18. The molecule has 1 saturated heterocycles. The molecule has 0 bridgehead atoms. The van der Waals surface area contributed by atoms with Gasteiger partial charge in [0.15, 0.2) is 6.10 Å². The highest BCUT2D eigenvalue weighted by atomic mass is 16.5. The zero-order chi connectivity index (χ0) is 20.6. The number of hydrogen-bond donors (Lipinski definition) is 1. The Kier molecular flexibility index (Phi) is 7.11. The van der Waals surface area contributed by atoms with Gasteiger partial charge >= 0.3 is 0 Å². The third kappa shape index (κ3) is 5.73. The van der Waals surface area contributed by atoms with E-state index >= 15 is 0 Å². The SMILES string of the molecule is COc1ccc(OC(C)C(=O)Nc2ccc(C(=O)N3CCCCCC3)cc2)cc1. The maximum atomic E-state index is 12.7. The summed E-state index contributed by atoms with van der Waals surface area (Å²) in [5, 5.41) is 2.83. The summed E-state index contributed by atoms with van der Waals surface area (Å²) < 4.78 is 10.8. The van der Waals surface area contributed by atoms with Crippen LogP contribution in [0.2, 0.25) is 0 Å². The Morgan fingerprint density at radius 1 is 0.897 bits per heavy atom. The largest absolute Gasteiger partial charge is 0.497 e. The van der Waals surface area contributed by atoms with E-state index in [9.17, 15) is 9.59 Å². The molecule has 1 N–H and O–H groups in total. The van der Waals surface area contributed by atoms with Gasteiger partial charge in [-0.15, -0.1) is 0 Å². The van der Waals surface area contributed by atoms with Crippen LogP contribution in [0.4, 0.5) is 5.69 Å². The van der Waals surface area contributed by atoms with Gasteiger partial charge in [-0.1, -0.05) is 12.8 Å². The molecule has 0 spiro atoms. The molecule has 1 aliphatic heterocycles. The first kappa shape index (κ1) is 20.7. The fourth-order valence-corrected chi connectivity index (χ4v) is 3.31. The summed E-state index contributed by atoms with van der Waals surface area (Å²) in [5.74, 6) is 1.12. The molecule has 2 amide bonds. The van der Waals surface area contributed by atoms with Crippen LogP contribution in [0.25, 0.3) is 0 Å². The minimum atomic E-state index is -0.665. The Morgan fingerprint density at radius 2 is 1.48 bits per heavy atom. The van der Waals surface area contributed by atoms with Crippen molar-refractivity contribution in [2.75, 3.05) is 25.5 Å². The number of amides is 2. The van der Waals surface area contributed by atoms with Crippen molar-refractivity contribution in [3.05, 3.63) is 54.1 Å². The number of methoxy groups -OCH3 is 1. The van der Waals surface area contributed by atoms with Crippen molar-refractivity contribution in [2.24, 2.45) is 0 Å². The van der Waals surface area contributed by atoms with Crippen molar-refractivity contribution in [1.82, 2.24) is 4.90 Å². The predicted molar refractivity (Wildman–Crippen MR) is 113 cm³/mol. The minimum absolute atomic E-state index is 0.0565. The summed E-state index contributed by atoms with van der Waals surface area (Å²) in [6.07, 6.45) is 3.83. The second kappa shape index (κ2) is 9.96. The van der Waals surface area contributed by atoms with E-state index in [-0.39, 0.29) is 11.8 Å². The fraction of sp³-hybridized carbons (Fsp3) is 0.391. The first-order valence-corrected chi connectivity index (χ1v) is 10.1. The Morgan fingerprint density at radius 3 is 2.07 bits per heavy atom. The molecule has 6 heteroatoms. The number of carbonyl (C=O) groups is 2. The molecule has 29 heavy (non-hydrogen) atoms. The molecule has 154 valence electrons. The molecule has 6 nitrogen and oxygen atoms in total. The summed E-state index contributed by atoms with van der Waals surface area (Å²) in [7, 11) is 1.60. The predicted octanol–water partition coefficient (Wildman–Crippen LogP) is 4.12. The number of nitrogens with one attached hydrogen (secondary N) is 1. The lowest BCUT2D eigenvalue weighted by Crippen LogP contribution is -2.32. The Bertz CT molecular complexity index is 810. The van der Waals surface area contributed by atoms with Crippen LogP contribution in [0, 0.1) is 0 Å². The molecular weight excluding hydrogens is 368 g/mol. The molecule has 1 fully saturated rings. The molecule has 1 unspecified atom stereocenters. The maximum absolute atomic E-state index is 12.7. The van der Waals surface area contributed by atoms with Gasteiger partial charge in [-0.2, -0.15) is 0 Å². The molecular formula is C23H28N2O4. The Hall–Kier alpha value is -3.02. The van der Waals surface area contributed by atoms with Crippen molar-refractivity contribution in [1.29, 1.82) is 0 Å². The molecule has 1 aliphatic rings. The van der Waals surface area contributed by atoms with E-state index in [1.54, 1.807) is 62.6 Å². The number of hydrogen-bond acceptors (Lipinski definition) is 4. The van der Waals surface area contributed by atoms with Gasteiger partial charge in [-0.25, -0.2) is 0 Å². The van der Waals surface area contributed by atoms with Gasteiger partial charge in [-0.3, -0.25) is 9.59 Å². The molecule has 0 saturated carbocycles. The van der Waals surface area contributed by atoms with Crippen LogP contribution in [-0.4, -0.2) is 43.0 Å². The molecule has 2 aromatic rings. The summed E-state index contributed by atoms with van der Waals surface area (Å²) in [4.78, 5) is 27.0. The van der Waals surface area contributed by atoms with Gasteiger partial charge in [0.05, 0.1) is 7.11 Å². The summed E-state index contributed by atoms with van der Waals surface area (Å²) in [6, 6.07) is 14.1. The smallest absolute Gasteiger partial charge is 0.265 e.